The fraction of sp³-hybridized carbons (Fsp3) is 0.222. The van der Waals surface area contributed by atoms with Crippen molar-refractivity contribution in [3.63, 3.8) is 0 Å². The Morgan fingerprint density at radius 1 is 1.10 bits per heavy atom. The standard InChI is InChI=1S/C18H19ClN2/c1-13-3-5-16(17(19)9-13)12-21-8-7-15-6-4-14(11-20-2)10-18(15)21/h3-10,20H,11-12H2,1-2H3. The molecule has 0 spiro atoms. The first-order valence-corrected chi connectivity index (χ1v) is 7.52. The van der Waals surface area contributed by atoms with Crippen LogP contribution in [0.4, 0.5) is 0 Å². The highest BCUT2D eigenvalue weighted by Crippen LogP contribution is 2.23. The second-order valence-corrected chi connectivity index (χ2v) is 5.87. The predicted molar refractivity (Wildman–Crippen MR) is 90.0 cm³/mol. The van der Waals surface area contributed by atoms with E-state index in [1.807, 2.05) is 13.1 Å². The van der Waals surface area contributed by atoms with Crippen LogP contribution < -0.4 is 5.32 Å². The second-order valence-electron chi connectivity index (χ2n) is 5.46. The third kappa shape index (κ3) is 2.97. The van der Waals surface area contributed by atoms with Gasteiger partial charge in [0.25, 0.3) is 0 Å². The fourth-order valence-corrected chi connectivity index (χ4v) is 2.94. The Labute approximate surface area is 130 Å². The fourth-order valence-electron chi connectivity index (χ4n) is 2.65. The Hall–Kier alpha value is -1.77. The van der Waals surface area contributed by atoms with Gasteiger partial charge in [-0.25, -0.2) is 0 Å². The molecule has 0 aliphatic rings. The van der Waals surface area contributed by atoms with Crippen molar-refractivity contribution in [1.29, 1.82) is 0 Å². The molecule has 0 aliphatic carbocycles. The van der Waals surface area contributed by atoms with Gasteiger partial charge in [0.15, 0.2) is 0 Å². The van der Waals surface area contributed by atoms with Crippen LogP contribution in [0.25, 0.3) is 10.9 Å². The SMILES string of the molecule is CNCc1ccc2ccn(Cc3ccc(C)cc3Cl)c2c1. The lowest BCUT2D eigenvalue weighted by molar-refractivity contribution is 0.812. The highest BCUT2D eigenvalue weighted by molar-refractivity contribution is 6.31. The summed E-state index contributed by atoms with van der Waals surface area (Å²) in [7, 11) is 1.97. The Morgan fingerprint density at radius 2 is 1.95 bits per heavy atom. The molecule has 0 bridgehead atoms. The van der Waals surface area contributed by atoms with E-state index in [1.54, 1.807) is 0 Å². The van der Waals surface area contributed by atoms with Gasteiger partial charge >= 0.3 is 0 Å². The summed E-state index contributed by atoms with van der Waals surface area (Å²) in [5.74, 6) is 0. The molecule has 0 saturated heterocycles. The molecule has 2 nitrogen and oxygen atoms in total. The van der Waals surface area contributed by atoms with Crippen molar-refractivity contribution in [2.45, 2.75) is 20.0 Å². The average molecular weight is 299 g/mol. The number of rotatable bonds is 4. The van der Waals surface area contributed by atoms with Crippen LogP contribution in [0, 0.1) is 6.92 Å². The third-order valence-corrected chi connectivity index (χ3v) is 4.12. The molecule has 1 heterocycles. The van der Waals surface area contributed by atoms with Gasteiger partial charge < -0.3 is 9.88 Å². The quantitative estimate of drug-likeness (QED) is 0.757. The zero-order chi connectivity index (χ0) is 14.8. The lowest BCUT2D eigenvalue weighted by Gasteiger charge is -2.09. The molecular formula is C18H19ClN2. The van der Waals surface area contributed by atoms with Crippen LogP contribution in [0.3, 0.4) is 0 Å². The zero-order valence-corrected chi connectivity index (χ0v) is 13.1. The van der Waals surface area contributed by atoms with Crippen LogP contribution in [-0.4, -0.2) is 11.6 Å². The highest BCUT2D eigenvalue weighted by Gasteiger charge is 2.06. The molecule has 0 radical (unpaired) electrons. The molecule has 3 rings (SSSR count). The van der Waals surface area contributed by atoms with Gasteiger partial charge in [-0.05, 0) is 54.2 Å². The number of aromatic nitrogens is 1. The van der Waals surface area contributed by atoms with E-state index in [9.17, 15) is 0 Å². The normalized spacial score (nSPS) is 11.2. The smallest absolute Gasteiger partial charge is 0.0490 e. The summed E-state index contributed by atoms with van der Waals surface area (Å²) in [6, 6.07) is 15.0. The molecule has 3 heteroatoms. The number of hydrogen-bond acceptors (Lipinski definition) is 1. The third-order valence-electron chi connectivity index (χ3n) is 3.77. The van der Waals surface area contributed by atoms with E-state index in [0.29, 0.717) is 0 Å². The number of nitrogens with zero attached hydrogens (tertiary/aromatic N) is 1. The van der Waals surface area contributed by atoms with Gasteiger partial charge in [-0.3, -0.25) is 0 Å². The van der Waals surface area contributed by atoms with Gasteiger partial charge in [-0.2, -0.15) is 0 Å². The van der Waals surface area contributed by atoms with Crippen molar-refractivity contribution in [3.8, 4) is 0 Å². The Kier molecular flexibility index (Phi) is 4.00. The molecule has 21 heavy (non-hydrogen) atoms. The first-order valence-electron chi connectivity index (χ1n) is 7.15. The molecule has 1 aromatic heterocycles. The van der Waals surface area contributed by atoms with Crippen LogP contribution >= 0.6 is 11.6 Å². The van der Waals surface area contributed by atoms with E-state index in [-0.39, 0.29) is 0 Å². The van der Waals surface area contributed by atoms with Crippen LogP contribution in [0.15, 0.2) is 48.7 Å². The maximum Gasteiger partial charge on any atom is 0.0490 e. The van der Waals surface area contributed by atoms with E-state index in [2.05, 4.69) is 59.4 Å². The van der Waals surface area contributed by atoms with Crippen molar-refractivity contribution < 1.29 is 0 Å². The number of benzene rings is 2. The van der Waals surface area contributed by atoms with Crippen LogP contribution in [0.1, 0.15) is 16.7 Å². The van der Waals surface area contributed by atoms with E-state index < -0.39 is 0 Å². The van der Waals surface area contributed by atoms with Crippen molar-refractivity contribution in [2.75, 3.05) is 7.05 Å². The lowest BCUT2D eigenvalue weighted by Crippen LogP contribution is -2.05. The molecule has 3 aromatic rings. The van der Waals surface area contributed by atoms with Crippen molar-refractivity contribution in [3.05, 3.63) is 70.4 Å². The number of nitrogens with one attached hydrogen (secondary N) is 1. The van der Waals surface area contributed by atoms with E-state index in [1.165, 1.54) is 22.0 Å². The number of aryl methyl sites for hydroxylation is 1. The molecule has 2 aromatic carbocycles. The number of hydrogen-bond donors (Lipinski definition) is 1. The molecule has 108 valence electrons. The first-order chi connectivity index (χ1) is 10.2. The predicted octanol–water partition coefficient (Wildman–Crippen LogP) is 4.37. The molecular weight excluding hydrogens is 280 g/mol. The summed E-state index contributed by atoms with van der Waals surface area (Å²) in [5.41, 5.74) is 4.88. The first kappa shape index (κ1) is 14.2. The summed E-state index contributed by atoms with van der Waals surface area (Å²) in [4.78, 5) is 0. The van der Waals surface area contributed by atoms with Gasteiger partial charge in [-0.1, -0.05) is 35.9 Å². The molecule has 1 N–H and O–H groups in total. The second kappa shape index (κ2) is 5.92. The maximum absolute atomic E-state index is 6.36. The van der Waals surface area contributed by atoms with Crippen molar-refractivity contribution in [1.82, 2.24) is 9.88 Å². The van der Waals surface area contributed by atoms with Crippen molar-refractivity contribution >= 4 is 22.5 Å². The highest BCUT2D eigenvalue weighted by atomic mass is 35.5. The number of fused-ring (bicyclic) bond motifs is 1. The Balaban J connectivity index is 1.98. The summed E-state index contributed by atoms with van der Waals surface area (Å²) in [5, 5.41) is 5.29. The van der Waals surface area contributed by atoms with Crippen LogP contribution in [0.5, 0.6) is 0 Å². The van der Waals surface area contributed by atoms with Gasteiger partial charge in [-0.15, -0.1) is 0 Å². The minimum absolute atomic E-state index is 0.797. The monoisotopic (exact) mass is 298 g/mol. The average Bonchev–Trinajstić information content (AvgIpc) is 2.85. The molecule has 0 atom stereocenters. The van der Waals surface area contributed by atoms with Crippen LogP contribution in [-0.2, 0) is 13.1 Å². The molecule has 0 fully saturated rings. The minimum Gasteiger partial charge on any atom is -0.343 e. The Morgan fingerprint density at radius 3 is 2.71 bits per heavy atom. The van der Waals surface area contributed by atoms with E-state index in [0.717, 1.165) is 23.7 Å². The lowest BCUT2D eigenvalue weighted by atomic mass is 10.1. The number of halogens is 1. The zero-order valence-electron chi connectivity index (χ0n) is 12.4. The van der Waals surface area contributed by atoms with Crippen molar-refractivity contribution in [2.24, 2.45) is 0 Å². The Bertz CT molecular complexity index is 774. The molecule has 0 amide bonds. The topological polar surface area (TPSA) is 17.0 Å². The largest absolute Gasteiger partial charge is 0.343 e. The summed E-state index contributed by atoms with van der Waals surface area (Å²) in [6.45, 7) is 3.74. The van der Waals surface area contributed by atoms with E-state index >= 15 is 0 Å². The molecule has 0 saturated carbocycles. The van der Waals surface area contributed by atoms with Crippen LogP contribution in [0.2, 0.25) is 5.02 Å². The summed E-state index contributed by atoms with van der Waals surface area (Å²) >= 11 is 6.36. The van der Waals surface area contributed by atoms with E-state index in [4.69, 9.17) is 11.6 Å². The summed E-state index contributed by atoms with van der Waals surface area (Å²) in [6.07, 6.45) is 2.13. The van der Waals surface area contributed by atoms with Gasteiger partial charge in [0.2, 0.25) is 0 Å². The molecule has 0 aliphatic heterocycles. The summed E-state index contributed by atoms with van der Waals surface area (Å²) < 4.78 is 2.26. The van der Waals surface area contributed by atoms with Gasteiger partial charge in [0.1, 0.15) is 0 Å². The maximum atomic E-state index is 6.36. The van der Waals surface area contributed by atoms with Gasteiger partial charge in [0, 0.05) is 29.8 Å². The minimum atomic E-state index is 0.797. The van der Waals surface area contributed by atoms with Gasteiger partial charge in [0.05, 0.1) is 0 Å². The molecule has 0 unspecified atom stereocenters.